The number of sulfonamides is 1. The number of nitrogens with zero attached hydrogens (tertiary/aromatic N) is 3. The van der Waals surface area contributed by atoms with Crippen LogP contribution in [0.2, 0.25) is 0 Å². The molecule has 0 radical (unpaired) electrons. The van der Waals surface area contributed by atoms with Gasteiger partial charge in [0.1, 0.15) is 6.54 Å². The molecule has 2 aliphatic heterocycles. The fraction of sp³-hybridized carbons (Fsp3) is 0.143. The van der Waals surface area contributed by atoms with E-state index in [0.29, 0.717) is 9.80 Å². The highest BCUT2D eigenvalue weighted by molar-refractivity contribution is 7.90. The summed E-state index contributed by atoms with van der Waals surface area (Å²) in [5.74, 6) is -9.17. The number of carbonyl (C=O) groups excluding carboxylic acids is 4. The Hall–Kier alpha value is -4.18. The molecule has 2 N–H and O–H groups in total. The lowest BCUT2D eigenvalue weighted by Crippen LogP contribution is -2.63. The molecule has 1 fully saturated rings. The van der Waals surface area contributed by atoms with E-state index in [-0.39, 0.29) is 28.8 Å². The van der Waals surface area contributed by atoms with E-state index in [1.54, 1.807) is 6.07 Å². The zero-order chi connectivity index (χ0) is 27.1. The summed E-state index contributed by atoms with van der Waals surface area (Å²) >= 11 is 5.24. The molecule has 16 heteroatoms. The number of thiocarbonyl (C=S) groups is 1. The number of carbonyl (C=O) groups is 4. The van der Waals surface area contributed by atoms with Crippen LogP contribution in [0.4, 0.5) is 24.5 Å². The molecule has 37 heavy (non-hydrogen) atoms. The van der Waals surface area contributed by atoms with Crippen LogP contribution in [0, 0.1) is 5.92 Å². The van der Waals surface area contributed by atoms with Gasteiger partial charge in [-0.05, 0) is 48.6 Å². The second-order valence-corrected chi connectivity index (χ2v) is 9.62. The van der Waals surface area contributed by atoms with Crippen molar-refractivity contribution < 1.29 is 40.8 Å². The first-order valence-corrected chi connectivity index (χ1v) is 12.1. The summed E-state index contributed by atoms with van der Waals surface area (Å²) in [7, 11) is -4.25. The van der Waals surface area contributed by atoms with Gasteiger partial charge >= 0.3 is 6.18 Å². The highest BCUT2D eigenvalue weighted by Gasteiger charge is 2.56. The zero-order valence-electron chi connectivity index (χ0n) is 18.2. The van der Waals surface area contributed by atoms with Crippen LogP contribution in [-0.2, 0) is 29.2 Å². The Bertz CT molecular complexity index is 1460. The molecule has 192 valence electrons. The molecule has 1 atom stereocenters. The summed E-state index contributed by atoms with van der Waals surface area (Å²) in [5, 5.41) is 1.66. The molecule has 3 amide bonds. The molecule has 2 aromatic carbocycles. The van der Waals surface area contributed by atoms with Crippen molar-refractivity contribution in [1.82, 2.24) is 10.0 Å². The van der Waals surface area contributed by atoms with E-state index in [0.717, 1.165) is 24.3 Å². The van der Waals surface area contributed by atoms with Crippen LogP contribution in [0.3, 0.4) is 0 Å². The minimum atomic E-state index is -5.50. The van der Waals surface area contributed by atoms with Crippen LogP contribution in [0.25, 0.3) is 0 Å². The maximum atomic E-state index is 13.3. The van der Waals surface area contributed by atoms with Gasteiger partial charge in [-0.2, -0.15) is 13.2 Å². The van der Waals surface area contributed by atoms with Gasteiger partial charge in [0.15, 0.2) is 11.0 Å². The molecule has 0 bridgehead atoms. The number of alkyl halides is 3. The van der Waals surface area contributed by atoms with Gasteiger partial charge in [0, 0.05) is 0 Å². The van der Waals surface area contributed by atoms with Crippen LogP contribution >= 0.6 is 12.2 Å². The molecule has 0 aromatic heterocycles. The number of guanidine groups is 1. The second kappa shape index (κ2) is 9.36. The molecule has 0 aliphatic carbocycles. The Balaban J connectivity index is 1.71. The van der Waals surface area contributed by atoms with Crippen molar-refractivity contribution in [2.75, 3.05) is 16.3 Å². The molecular formula is C21H14F3N5O6S2. The normalized spacial score (nSPS) is 18.6. The largest absolute Gasteiger partial charge is 0.451 e. The predicted molar refractivity (Wildman–Crippen MR) is 126 cm³/mol. The van der Waals surface area contributed by atoms with E-state index in [1.807, 2.05) is 0 Å². The molecule has 0 saturated carbocycles. The third-order valence-corrected chi connectivity index (χ3v) is 6.87. The van der Waals surface area contributed by atoms with Crippen molar-refractivity contribution in [1.29, 1.82) is 0 Å². The Kier molecular flexibility index (Phi) is 6.55. The lowest BCUT2D eigenvalue weighted by molar-refractivity contribution is -0.177. The van der Waals surface area contributed by atoms with Crippen LogP contribution in [-0.4, -0.2) is 55.7 Å². The van der Waals surface area contributed by atoms with Crippen molar-refractivity contribution in [3.8, 4) is 0 Å². The monoisotopic (exact) mass is 553 g/mol. The van der Waals surface area contributed by atoms with Crippen molar-refractivity contribution >= 4 is 68.2 Å². The van der Waals surface area contributed by atoms with Crippen molar-refractivity contribution in [3.05, 3.63) is 54.6 Å². The first-order valence-electron chi connectivity index (χ1n) is 10.2. The number of benzene rings is 2. The maximum absolute atomic E-state index is 13.3. The zero-order valence-corrected chi connectivity index (χ0v) is 19.9. The van der Waals surface area contributed by atoms with Gasteiger partial charge in [-0.15, -0.1) is 0 Å². The number of para-hydroxylation sites is 1. The predicted octanol–water partition coefficient (Wildman–Crippen LogP) is 0.863. The van der Waals surface area contributed by atoms with E-state index >= 15 is 0 Å². The first kappa shape index (κ1) is 25.9. The van der Waals surface area contributed by atoms with E-state index in [9.17, 15) is 40.8 Å². The third-order valence-electron chi connectivity index (χ3n) is 5.15. The average molecular weight is 554 g/mol. The van der Waals surface area contributed by atoms with Crippen LogP contribution in [0.5, 0.6) is 0 Å². The highest BCUT2D eigenvalue weighted by atomic mass is 32.2. The Morgan fingerprint density at radius 1 is 0.973 bits per heavy atom. The lowest BCUT2D eigenvalue weighted by Gasteiger charge is -2.38. The van der Waals surface area contributed by atoms with Crippen molar-refractivity contribution in [3.63, 3.8) is 0 Å². The van der Waals surface area contributed by atoms with Crippen LogP contribution in [0.15, 0.2) is 64.5 Å². The standard InChI is InChI=1S/C21H14F3N5O6S2/c22-21(23,24)16(31)15-17(32)28(11-4-2-1-3-5-11)20(36)29(18(15)33)12-6-8-13(9-7-12)37(34,35)27-19-25-10-14(30)26-19/h1-9,15H,10H2,(H2,25,26,27,30). The van der Waals surface area contributed by atoms with E-state index < -0.39 is 50.7 Å². The van der Waals surface area contributed by atoms with Gasteiger partial charge in [0.25, 0.3) is 27.6 Å². The number of hydrogen-bond donors (Lipinski definition) is 2. The van der Waals surface area contributed by atoms with E-state index in [1.165, 1.54) is 24.3 Å². The fourth-order valence-corrected chi connectivity index (χ4v) is 4.85. The number of ketones is 1. The molecule has 11 nitrogen and oxygen atoms in total. The quantitative estimate of drug-likeness (QED) is 0.413. The summed E-state index contributed by atoms with van der Waals surface area (Å²) in [5.41, 5.74) is -0.188. The summed E-state index contributed by atoms with van der Waals surface area (Å²) in [6.45, 7) is -0.264. The average Bonchev–Trinajstić information content (AvgIpc) is 3.23. The van der Waals surface area contributed by atoms with Crippen LogP contribution in [0.1, 0.15) is 0 Å². The van der Waals surface area contributed by atoms with Gasteiger partial charge in [0.05, 0.1) is 16.3 Å². The lowest BCUT2D eigenvalue weighted by atomic mass is 9.97. The van der Waals surface area contributed by atoms with E-state index in [2.05, 4.69) is 15.0 Å². The summed E-state index contributed by atoms with van der Waals surface area (Å²) < 4.78 is 67.0. The number of Topliss-reactive ketones (excluding diaryl/α,β-unsaturated/α-hetero) is 1. The Morgan fingerprint density at radius 2 is 1.51 bits per heavy atom. The smallest absolute Gasteiger partial charge is 0.294 e. The fourth-order valence-electron chi connectivity index (χ4n) is 3.47. The molecule has 4 rings (SSSR count). The number of aliphatic imine (C=N–C) groups is 1. The minimum absolute atomic E-state index is 0.0118. The molecular weight excluding hydrogens is 539 g/mol. The Morgan fingerprint density at radius 3 is 2.00 bits per heavy atom. The van der Waals surface area contributed by atoms with Gasteiger partial charge < -0.3 is 0 Å². The molecule has 2 heterocycles. The number of amides is 3. The van der Waals surface area contributed by atoms with E-state index in [4.69, 9.17) is 12.2 Å². The van der Waals surface area contributed by atoms with Crippen LogP contribution < -0.4 is 19.8 Å². The van der Waals surface area contributed by atoms with Gasteiger partial charge in [0.2, 0.25) is 11.9 Å². The van der Waals surface area contributed by atoms with Gasteiger partial charge in [-0.1, -0.05) is 18.2 Å². The summed E-state index contributed by atoms with van der Waals surface area (Å²) in [6.07, 6.45) is -5.50. The van der Waals surface area contributed by atoms with Crippen molar-refractivity contribution in [2.24, 2.45) is 10.9 Å². The van der Waals surface area contributed by atoms with Crippen molar-refractivity contribution in [2.45, 2.75) is 11.1 Å². The minimum Gasteiger partial charge on any atom is -0.294 e. The number of anilines is 2. The molecule has 0 spiro atoms. The third kappa shape index (κ3) is 4.92. The summed E-state index contributed by atoms with van der Waals surface area (Å²) in [4.78, 5) is 53.8. The number of nitrogens with one attached hydrogen (secondary N) is 2. The number of halogens is 3. The number of rotatable bonds is 5. The first-order chi connectivity index (χ1) is 17.3. The maximum Gasteiger partial charge on any atom is 0.451 e. The van der Waals surface area contributed by atoms with Gasteiger partial charge in [-0.25, -0.2) is 18.1 Å². The molecule has 1 saturated heterocycles. The Labute approximate surface area is 212 Å². The summed E-state index contributed by atoms with van der Waals surface area (Å²) in [6, 6.07) is 11.3. The molecule has 2 aliphatic rings. The highest BCUT2D eigenvalue weighted by Crippen LogP contribution is 2.33. The second-order valence-electron chi connectivity index (χ2n) is 7.57. The topological polar surface area (TPSA) is 145 Å². The molecule has 1 unspecified atom stereocenters. The van der Waals surface area contributed by atoms with Gasteiger partial charge in [-0.3, -0.25) is 34.3 Å². The molecule has 2 aromatic rings. The number of hydrogen-bond acceptors (Lipinski definition) is 8. The SMILES string of the molecule is O=C1CN=C(NS(=O)(=O)c2ccc(N3C(=O)C(C(=O)C(F)(F)F)C(=O)N(c4ccccc4)C3=S)cc2)N1.